The summed E-state index contributed by atoms with van der Waals surface area (Å²) < 4.78 is 4.75. The van der Waals surface area contributed by atoms with Crippen LogP contribution in [0, 0.1) is 0 Å². The molecule has 4 rings (SSSR count). The molecule has 5 heteroatoms. The molecule has 0 aliphatic carbocycles. The van der Waals surface area contributed by atoms with E-state index in [0.29, 0.717) is 0 Å². The lowest BCUT2D eigenvalue weighted by atomic mass is 10.3. The van der Waals surface area contributed by atoms with Crippen LogP contribution in [0.1, 0.15) is 18.9 Å². The van der Waals surface area contributed by atoms with Crippen molar-refractivity contribution < 1.29 is 4.57 Å². The number of hydrogen-bond acceptors (Lipinski definition) is 3. The predicted molar refractivity (Wildman–Crippen MR) is 127 cm³/mol. The molecule has 2 heterocycles. The van der Waals surface area contributed by atoms with Crippen molar-refractivity contribution in [2.24, 2.45) is 0 Å². The number of nitrogens with zero attached hydrogens (tertiary/aromatic N) is 2. The summed E-state index contributed by atoms with van der Waals surface area (Å²) in [6.07, 6.45) is 8.66. The van der Waals surface area contributed by atoms with Crippen LogP contribution in [0.4, 0.5) is 5.69 Å². The minimum atomic E-state index is 0.968. The second-order valence-corrected chi connectivity index (χ2v) is 9.40. The Kier molecular flexibility index (Phi) is 6.04. The monoisotopic (exact) mass is 469 g/mol. The number of thioether (sulfide) groups is 1. The van der Waals surface area contributed by atoms with E-state index in [4.69, 9.17) is 0 Å². The second kappa shape index (κ2) is 8.68. The Morgan fingerprint density at radius 1 is 1.11 bits per heavy atom. The summed E-state index contributed by atoms with van der Waals surface area (Å²) in [4.78, 5) is 3.68. The fourth-order valence-corrected chi connectivity index (χ4v) is 5.88. The van der Waals surface area contributed by atoms with E-state index in [0.717, 1.165) is 17.6 Å². The quantitative estimate of drug-likeness (QED) is 0.294. The topological polar surface area (TPSA) is 7.12 Å². The fourth-order valence-electron chi connectivity index (χ4n) is 3.36. The lowest BCUT2D eigenvalue weighted by molar-refractivity contribution is -0.665. The van der Waals surface area contributed by atoms with Gasteiger partial charge in [-0.25, -0.2) is 0 Å². The maximum absolute atomic E-state index is 3.71. The van der Waals surface area contributed by atoms with Gasteiger partial charge >= 0.3 is 0 Å². The molecule has 0 atom stereocenters. The van der Waals surface area contributed by atoms with Gasteiger partial charge in [0.25, 0.3) is 5.01 Å². The van der Waals surface area contributed by atoms with Crippen molar-refractivity contribution in [2.75, 3.05) is 11.4 Å². The zero-order valence-corrected chi connectivity index (χ0v) is 19.2. The maximum atomic E-state index is 3.71. The minimum Gasteiger partial charge on any atom is -0.335 e. The second-order valence-electron chi connectivity index (χ2n) is 6.36. The minimum absolute atomic E-state index is 0.968. The molecule has 1 aliphatic heterocycles. The van der Waals surface area contributed by atoms with Gasteiger partial charge in [-0.05, 0) is 50.3 Å². The molecule has 2 nitrogen and oxygen atoms in total. The Hall–Kier alpha value is -1.82. The van der Waals surface area contributed by atoms with Crippen LogP contribution >= 0.6 is 39.0 Å². The number of aryl methyl sites for hydroxylation is 1. The fraction of sp³-hybridized carbons (Fsp3) is 0.174. The first-order chi connectivity index (χ1) is 13.7. The van der Waals surface area contributed by atoms with Crippen molar-refractivity contribution in [2.45, 2.75) is 25.3 Å². The van der Waals surface area contributed by atoms with Crippen LogP contribution in [0.3, 0.4) is 0 Å². The molecule has 0 radical (unpaired) electrons. The van der Waals surface area contributed by atoms with E-state index in [9.17, 15) is 0 Å². The van der Waals surface area contributed by atoms with Crippen molar-refractivity contribution in [3.05, 3.63) is 81.3 Å². The van der Waals surface area contributed by atoms with Gasteiger partial charge in [0.2, 0.25) is 5.52 Å². The molecule has 0 amide bonds. The van der Waals surface area contributed by atoms with E-state index < -0.39 is 0 Å². The summed E-state index contributed by atoms with van der Waals surface area (Å²) in [5.41, 5.74) is 2.60. The molecule has 28 heavy (non-hydrogen) atoms. The van der Waals surface area contributed by atoms with E-state index in [2.05, 4.69) is 112 Å². The molecule has 2 aromatic carbocycles. The van der Waals surface area contributed by atoms with Crippen LogP contribution < -0.4 is 9.47 Å². The van der Waals surface area contributed by atoms with Gasteiger partial charge in [-0.3, -0.25) is 0 Å². The van der Waals surface area contributed by atoms with Crippen LogP contribution in [0.5, 0.6) is 0 Å². The standard InChI is InChI=1S/C23H22BrN2S2/c1-3-25-18-9-5-7-11-20(18)27-22(25)15-13-17(24)14-16-23-26(4-2)19-10-6-8-12-21(19)28-23/h5-16H,3-4H2,1-2H3/q+1. The van der Waals surface area contributed by atoms with Gasteiger partial charge in [-0.1, -0.05) is 63.3 Å². The summed E-state index contributed by atoms with van der Waals surface area (Å²) in [6, 6.07) is 17.2. The highest BCUT2D eigenvalue weighted by Gasteiger charge is 2.22. The Labute approximate surface area is 183 Å². The van der Waals surface area contributed by atoms with Crippen LogP contribution in [0.15, 0.2) is 81.2 Å². The third kappa shape index (κ3) is 3.84. The lowest BCUT2D eigenvalue weighted by Crippen LogP contribution is -2.33. The molecule has 0 saturated carbocycles. The van der Waals surface area contributed by atoms with Gasteiger partial charge in [0.15, 0.2) is 0 Å². The van der Waals surface area contributed by atoms with Gasteiger partial charge in [-0.2, -0.15) is 4.57 Å². The Morgan fingerprint density at radius 2 is 1.89 bits per heavy atom. The smallest absolute Gasteiger partial charge is 0.262 e. The van der Waals surface area contributed by atoms with Crippen LogP contribution in [-0.2, 0) is 6.54 Å². The molecular weight excluding hydrogens is 448 g/mol. The van der Waals surface area contributed by atoms with Crippen LogP contribution in [0.25, 0.3) is 16.3 Å². The van der Waals surface area contributed by atoms with Crippen molar-refractivity contribution in [3.8, 4) is 0 Å². The number of hydrogen-bond donors (Lipinski definition) is 0. The van der Waals surface area contributed by atoms with Crippen molar-refractivity contribution in [3.63, 3.8) is 0 Å². The molecule has 0 fully saturated rings. The number of halogens is 1. The van der Waals surface area contributed by atoms with Gasteiger partial charge in [-0.15, -0.1) is 0 Å². The molecule has 0 N–H and O–H groups in total. The number of rotatable bonds is 5. The zero-order valence-electron chi connectivity index (χ0n) is 15.9. The summed E-state index contributed by atoms with van der Waals surface area (Å²) in [5.74, 6) is 0. The van der Waals surface area contributed by atoms with Crippen molar-refractivity contribution in [1.29, 1.82) is 0 Å². The number of fused-ring (bicyclic) bond motifs is 2. The van der Waals surface area contributed by atoms with Crippen LogP contribution in [0.2, 0.25) is 0 Å². The van der Waals surface area contributed by atoms with Gasteiger partial charge < -0.3 is 4.90 Å². The molecule has 0 spiro atoms. The average molecular weight is 470 g/mol. The lowest BCUT2D eigenvalue weighted by Gasteiger charge is -2.17. The van der Waals surface area contributed by atoms with Gasteiger partial charge in [0, 0.05) is 28.1 Å². The molecule has 142 valence electrons. The summed E-state index contributed by atoms with van der Waals surface area (Å²) in [7, 11) is 0. The third-order valence-electron chi connectivity index (χ3n) is 4.68. The summed E-state index contributed by atoms with van der Waals surface area (Å²) >= 11 is 7.37. The van der Waals surface area contributed by atoms with Gasteiger partial charge in [0.05, 0.1) is 10.7 Å². The first kappa shape index (κ1) is 19.5. The van der Waals surface area contributed by atoms with Crippen molar-refractivity contribution in [1.82, 2.24) is 0 Å². The number of allylic oxidation sites excluding steroid dienone is 4. The largest absolute Gasteiger partial charge is 0.335 e. The van der Waals surface area contributed by atoms with E-state index >= 15 is 0 Å². The number of aromatic nitrogens is 1. The maximum Gasteiger partial charge on any atom is 0.262 e. The van der Waals surface area contributed by atoms with E-state index in [1.54, 1.807) is 0 Å². The zero-order chi connectivity index (χ0) is 19.5. The average Bonchev–Trinajstić information content (AvgIpc) is 3.27. The molecule has 0 unspecified atom stereocenters. The number of para-hydroxylation sites is 2. The molecule has 1 aromatic heterocycles. The number of thiazole rings is 1. The highest BCUT2D eigenvalue weighted by molar-refractivity contribution is 9.11. The van der Waals surface area contributed by atoms with Gasteiger partial charge in [0.1, 0.15) is 11.2 Å². The van der Waals surface area contributed by atoms with Crippen LogP contribution in [-0.4, -0.2) is 6.54 Å². The number of anilines is 1. The molecule has 1 aliphatic rings. The number of benzene rings is 2. The molecule has 0 saturated heterocycles. The molecule has 3 aromatic rings. The summed E-state index contributed by atoms with van der Waals surface area (Å²) in [5, 5.41) is 2.53. The first-order valence-electron chi connectivity index (χ1n) is 9.42. The van der Waals surface area contributed by atoms with E-state index in [1.807, 2.05) is 23.1 Å². The highest BCUT2D eigenvalue weighted by atomic mass is 79.9. The SMILES string of the molecule is CCN1/C(=C/C=C(Br)/C=C/c2sc3ccccc3[n+]2CC)Sc2ccccc21. The Morgan fingerprint density at radius 3 is 2.71 bits per heavy atom. The van der Waals surface area contributed by atoms with Crippen molar-refractivity contribution >= 4 is 61.0 Å². The Bertz CT molecular complexity index is 1090. The van der Waals surface area contributed by atoms with E-state index in [1.165, 1.54) is 30.8 Å². The Balaban J connectivity index is 1.57. The highest BCUT2D eigenvalue weighted by Crippen LogP contribution is 2.45. The van der Waals surface area contributed by atoms with E-state index in [-0.39, 0.29) is 0 Å². The predicted octanol–water partition coefficient (Wildman–Crippen LogP) is 6.97. The normalized spacial score (nSPS) is 15.9. The molecule has 0 bridgehead atoms. The summed E-state index contributed by atoms with van der Waals surface area (Å²) in [6.45, 7) is 6.32. The third-order valence-corrected chi connectivity index (χ3v) is 7.47. The molecular formula is C23H22BrN2S2+. The first-order valence-corrected chi connectivity index (χ1v) is 11.8.